The Balaban J connectivity index is 2.06. The van der Waals surface area contributed by atoms with Crippen molar-refractivity contribution in [3.63, 3.8) is 0 Å². The zero-order chi connectivity index (χ0) is 14.8. The summed E-state index contributed by atoms with van der Waals surface area (Å²) in [5.74, 6) is 0. The fourth-order valence-electron chi connectivity index (χ4n) is 3.07. The van der Waals surface area contributed by atoms with E-state index in [1.807, 2.05) is 12.1 Å². The molecule has 0 saturated carbocycles. The number of ether oxygens (including phenoxy) is 1. The molecule has 1 aliphatic heterocycles. The van der Waals surface area contributed by atoms with Gasteiger partial charge in [0.25, 0.3) is 0 Å². The molecule has 110 valence electrons. The molecular weight excluding hydrogens is 280 g/mol. The molecule has 2 N–H and O–H groups in total. The Kier molecular flexibility index (Phi) is 4.08. The van der Waals surface area contributed by atoms with E-state index < -0.39 is 0 Å². The maximum absolute atomic E-state index is 5.85. The fraction of sp³-hybridized carbons (Fsp3) is 0.353. The second-order valence-corrected chi connectivity index (χ2v) is 5.94. The molecule has 3 rings (SSSR count). The van der Waals surface area contributed by atoms with Crippen molar-refractivity contribution >= 4 is 33.7 Å². The first-order valence-electron chi connectivity index (χ1n) is 7.30. The van der Waals surface area contributed by atoms with Gasteiger partial charge >= 0.3 is 0 Å². The molecule has 3 nitrogen and oxygen atoms in total. The molecule has 4 heteroatoms. The first kappa shape index (κ1) is 14.3. The lowest BCUT2D eigenvalue weighted by atomic mass is 10.00. The molecule has 2 aromatic rings. The zero-order valence-electron chi connectivity index (χ0n) is 12.2. The standard InChI is InChI=1S/C17H20N2OS/c1-19(12-8-10-20-11-9-12)16-7-6-15(17(18)21)13-4-2-3-5-14(13)16/h2-7,12H,8-11H2,1H3,(H2,18,21). The van der Waals surface area contributed by atoms with E-state index in [9.17, 15) is 0 Å². The number of rotatable bonds is 3. The van der Waals surface area contributed by atoms with Crippen molar-refractivity contribution in [1.29, 1.82) is 0 Å². The molecule has 1 heterocycles. The van der Waals surface area contributed by atoms with E-state index in [2.05, 4.69) is 36.2 Å². The lowest BCUT2D eigenvalue weighted by Gasteiger charge is -2.33. The Bertz CT molecular complexity index is 665. The van der Waals surface area contributed by atoms with Crippen LogP contribution in [0, 0.1) is 0 Å². The van der Waals surface area contributed by atoms with Gasteiger partial charge in [0.05, 0.1) is 0 Å². The number of thiocarbonyl (C=S) groups is 1. The van der Waals surface area contributed by atoms with Gasteiger partial charge in [-0.05, 0) is 30.4 Å². The average molecular weight is 300 g/mol. The topological polar surface area (TPSA) is 38.5 Å². The second-order valence-electron chi connectivity index (χ2n) is 5.50. The van der Waals surface area contributed by atoms with E-state index in [-0.39, 0.29) is 0 Å². The van der Waals surface area contributed by atoms with Crippen LogP contribution in [0.15, 0.2) is 36.4 Å². The van der Waals surface area contributed by atoms with Crippen LogP contribution >= 0.6 is 12.2 Å². The minimum atomic E-state index is 0.450. The highest BCUT2D eigenvalue weighted by atomic mass is 32.1. The van der Waals surface area contributed by atoms with Gasteiger partial charge in [-0.2, -0.15) is 0 Å². The fourth-order valence-corrected chi connectivity index (χ4v) is 3.25. The number of hydrogen-bond acceptors (Lipinski definition) is 3. The first-order chi connectivity index (χ1) is 10.2. The zero-order valence-corrected chi connectivity index (χ0v) is 13.0. The van der Waals surface area contributed by atoms with Crippen LogP contribution in [0.2, 0.25) is 0 Å². The molecule has 1 saturated heterocycles. The number of hydrogen-bond donors (Lipinski definition) is 1. The van der Waals surface area contributed by atoms with E-state index in [0.717, 1.165) is 37.0 Å². The molecule has 1 fully saturated rings. The van der Waals surface area contributed by atoms with Crippen molar-refractivity contribution in [2.24, 2.45) is 5.73 Å². The molecule has 0 aromatic heterocycles. The molecule has 2 aromatic carbocycles. The third kappa shape index (κ3) is 2.74. The molecule has 0 atom stereocenters. The van der Waals surface area contributed by atoms with Crippen LogP contribution in [0.3, 0.4) is 0 Å². The monoisotopic (exact) mass is 300 g/mol. The number of fused-ring (bicyclic) bond motifs is 1. The van der Waals surface area contributed by atoms with E-state index in [4.69, 9.17) is 22.7 Å². The smallest absolute Gasteiger partial charge is 0.104 e. The van der Waals surface area contributed by atoms with Crippen LogP contribution in [-0.2, 0) is 4.74 Å². The number of nitrogens with zero attached hydrogens (tertiary/aromatic N) is 1. The van der Waals surface area contributed by atoms with Crippen molar-refractivity contribution in [3.8, 4) is 0 Å². The molecule has 0 spiro atoms. The van der Waals surface area contributed by atoms with Gasteiger partial charge in [0.15, 0.2) is 0 Å². The minimum Gasteiger partial charge on any atom is -0.389 e. The van der Waals surface area contributed by atoms with Crippen LogP contribution in [0.4, 0.5) is 5.69 Å². The summed E-state index contributed by atoms with van der Waals surface area (Å²) in [6, 6.07) is 13.0. The summed E-state index contributed by atoms with van der Waals surface area (Å²) in [4.78, 5) is 2.82. The molecule has 0 radical (unpaired) electrons. The molecule has 0 unspecified atom stereocenters. The van der Waals surface area contributed by atoms with Gasteiger partial charge in [-0.1, -0.05) is 36.5 Å². The molecular formula is C17H20N2OS. The predicted molar refractivity (Wildman–Crippen MR) is 92.1 cm³/mol. The van der Waals surface area contributed by atoms with Crippen molar-refractivity contribution in [2.75, 3.05) is 25.2 Å². The maximum Gasteiger partial charge on any atom is 0.104 e. The maximum atomic E-state index is 5.85. The summed E-state index contributed by atoms with van der Waals surface area (Å²) in [6.07, 6.45) is 2.14. The lowest BCUT2D eigenvalue weighted by Crippen LogP contribution is -2.36. The molecule has 1 aliphatic rings. The highest BCUT2D eigenvalue weighted by molar-refractivity contribution is 7.80. The average Bonchev–Trinajstić information content (AvgIpc) is 2.54. The minimum absolute atomic E-state index is 0.450. The molecule has 0 bridgehead atoms. The summed E-state index contributed by atoms with van der Waals surface area (Å²) in [5.41, 5.74) is 8.03. The first-order valence-corrected chi connectivity index (χ1v) is 7.71. The lowest BCUT2D eigenvalue weighted by molar-refractivity contribution is 0.0855. The SMILES string of the molecule is CN(c1ccc(C(N)=S)c2ccccc12)C1CCOCC1. The van der Waals surface area contributed by atoms with Crippen molar-refractivity contribution < 1.29 is 4.74 Å². The highest BCUT2D eigenvalue weighted by Gasteiger charge is 2.20. The van der Waals surface area contributed by atoms with Crippen LogP contribution < -0.4 is 10.6 Å². The summed E-state index contributed by atoms with van der Waals surface area (Å²) in [6.45, 7) is 1.69. The Morgan fingerprint density at radius 1 is 1.14 bits per heavy atom. The third-order valence-electron chi connectivity index (χ3n) is 4.29. The summed E-state index contributed by atoms with van der Waals surface area (Å²) in [7, 11) is 2.16. The van der Waals surface area contributed by atoms with E-state index >= 15 is 0 Å². The van der Waals surface area contributed by atoms with Gasteiger partial charge in [0.1, 0.15) is 4.99 Å². The Labute approximate surface area is 130 Å². The highest BCUT2D eigenvalue weighted by Crippen LogP contribution is 2.31. The van der Waals surface area contributed by atoms with Gasteiger partial charge in [0.2, 0.25) is 0 Å². The van der Waals surface area contributed by atoms with E-state index in [0.29, 0.717) is 11.0 Å². The van der Waals surface area contributed by atoms with Gasteiger partial charge < -0.3 is 15.4 Å². The summed E-state index contributed by atoms with van der Waals surface area (Å²) in [5, 5.41) is 2.33. The largest absolute Gasteiger partial charge is 0.389 e. The van der Waals surface area contributed by atoms with E-state index in [1.165, 1.54) is 11.1 Å². The van der Waals surface area contributed by atoms with Crippen LogP contribution in [0.5, 0.6) is 0 Å². The Morgan fingerprint density at radius 2 is 1.81 bits per heavy atom. The van der Waals surface area contributed by atoms with E-state index in [1.54, 1.807) is 0 Å². The second kappa shape index (κ2) is 6.00. The molecule has 0 aliphatic carbocycles. The van der Waals surface area contributed by atoms with Gasteiger partial charge in [-0.25, -0.2) is 0 Å². The van der Waals surface area contributed by atoms with Gasteiger partial charge in [-0.3, -0.25) is 0 Å². The number of anilines is 1. The number of benzene rings is 2. The Hall–Kier alpha value is -1.65. The van der Waals surface area contributed by atoms with Crippen molar-refractivity contribution in [3.05, 3.63) is 42.0 Å². The molecule has 0 amide bonds. The summed E-state index contributed by atoms with van der Waals surface area (Å²) >= 11 is 5.17. The predicted octanol–water partition coefficient (Wildman–Crippen LogP) is 3.09. The van der Waals surface area contributed by atoms with Crippen LogP contribution in [-0.4, -0.2) is 31.3 Å². The van der Waals surface area contributed by atoms with Crippen molar-refractivity contribution in [2.45, 2.75) is 18.9 Å². The molecule has 21 heavy (non-hydrogen) atoms. The van der Waals surface area contributed by atoms with Crippen LogP contribution in [0.1, 0.15) is 18.4 Å². The number of nitrogens with two attached hydrogens (primary N) is 1. The normalized spacial score (nSPS) is 16.0. The third-order valence-corrected chi connectivity index (χ3v) is 4.50. The van der Waals surface area contributed by atoms with Crippen LogP contribution in [0.25, 0.3) is 10.8 Å². The Morgan fingerprint density at radius 3 is 2.48 bits per heavy atom. The van der Waals surface area contributed by atoms with Crippen molar-refractivity contribution in [1.82, 2.24) is 0 Å². The van der Waals surface area contributed by atoms with Gasteiger partial charge in [-0.15, -0.1) is 0 Å². The van der Waals surface area contributed by atoms with Gasteiger partial charge in [0, 0.05) is 42.9 Å². The summed E-state index contributed by atoms with van der Waals surface area (Å²) < 4.78 is 5.46. The quantitative estimate of drug-likeness (QED) is 0.884.